The lowest BCUT2D eigenvalue weighted by Gasteiger charge is -2.07. The monoisotopic (exact) mass is 398 g/mol. The lowest BCUT2D eigenvalue weighted by molar-refractivity contribution is 0.0286. The van der Waals surface area contributed by atoms with E-state index in [4.69, 9.17) is 13.9 Å². The van der Waals surface area contributed by atoms with Crippen LogP contribution in [0, 0.1) is 5.82 Å². The minimum Gasteiger partial charge on any atom is -0.497 e. The molecule has 28 heavy (non-hydrogen) atoms. The molecule has 6 nitrogen and oxygen atoms in total. The highest BCUT2D eigenvalue weighted by molar-refractivity contribution is 7.20. The Morgan fingerprint density at radius 1 is 1.18 bits per heavy atom. The molecule has 0 unspecified atom stereocenters. The number of ether oxygens (including phenoxy) is 2. The first kappa shape index (κ1) is 18.1. The minimum atomic E-state index is -0.748. The summed E-state index contributed by atoms with van der Waals surface area (Å²) >= 11 is 1.17. The average Bonchev–Trinajstić information content (AvgIpc) is 3.36. The second-order valence-corrected chi connectivity index (χ2v) is 7.07. The van der Waals surface area contributed by atoms with E-state index in [0.29, 0.717) is 26.6 Å². The maximum absolute atomic E-state index is 13.8. The predicted molar refractivity (Wildman–Crippen MR) is 102 cm³/mol. The first-order chi connectivity index (χ1) is 13.5. The standard InChI is InChI=1S/C20H15FN2O4S/c1-11(18-22-23-19(27-18)12-6-8-13(25-2)9-7-12)26-20(24)17-10-14-15(21)4-3-5-16(14)28-17/h3-11H,1-2H3/t11-/m1/s1. The molecule has 0 amide bonds. The molecule has 0 spiro atoms. The quantitative estimate of drug-likeness (QED) is 0.440. The zero-order chi connectivity index (χ0) is 19.7. The summed E-state index contributed by atoms with van der Waals surface area (Å²) in [6, 6.07) is 13.3. The zero-order valence-corrected chi connectivity index (χ0v) is 15.8. The largest absolute Gasteiger partial charge is 0.497 e. The summed E-state index contributed by atoms with van der Waals surface area (Å²) in [5, 5.41) is 8.35. The Labute approximate surface area is 163 Å². The number of hydrogen-bond donors (Lipinski definition) is 0. The number of aromatic nitrogens is 2. The predicted octanol–water partition coefficient (Wildman–Crippen LogP) is 5.02. The second kappa shape index (κ2) is 7.40. The number of hydrogen-bond acceptors (Lipinski definition) is 7. The molecular weight excluding hydrogens is 383 g/mol. The fourth-order valence-electron chi connectivity index (χ4n) is 2.64. The molecule has 2 aromatic carbocycles. The summed E-state index contributed by atoms with van der Waals surface area (Å²) in [5.41, 5.74) is 0.720. The van der Waals surface area contributed by atoms with Gasteiger partial charge in [-0.15, -0.1) is 21.5 Å². The van der Waals surface area contributed by atoms with E-state index in [1.54, 1.807) is 50.4 Å². The van der Waals surface area contributed by atoms with Gasteiger partial charge in [0, 0.05) is 15.6 Å². The van der Waals surface area contributed by atoms with Crippen LogP contribution in [0.5, 0.6) is 5.75 Å². The van der Waals surface area contributed by atoms with Gasteiger partial charge in [0.05, 0.1) is 7.11 Å². The molecule has 0 saturated heterocycles. The molecule has 4 aromatic rings. The van der Waals surface area contributed by atoms with Gasteiger partial charge in [0.2, 0.25) is 5.89 Å². The van der Waals surface area contributed by atoms with Crippen LogP contribution in [0.15, 0.2) is 52.9 Å². The average molecular weight is 398 g/mol. The van der Waals surface area contributed by atoms with Crippen LogP contribution in [0.4, 0.5) is 4.39 Å². The highest BCUT2D eigenvalue weighted by Gasteiger charge is 2.21. The number of esters is 1. The lowest BCUT2D eigenvalue weighted by atomic mass is 10.2. The first-order valence-corrected chi connectivity index (χ1v) is 9.23. The molecule has 2 heterocycles. The Bertz CT molecular complexity index is 1140. The van der Waals surface area contributed by atoms with Crippen molar-refractivity contribution in [3.05, 3.63) is 65.1 Å². The van der Waals surface area contributed by atoms with Crippen molar-refractivity contribution in [3.8, 4) is 17.2 Å². The van der Waals surface area contributed by atoms with Gasteiger partial charge in [-0.3, -0.25) is 0 Å². The summed E-state index contributed by atoms with van der Waals surface area (Å²) in [4.78, 5) is 12.7. The molecule has 1 atom stereocenters. The van der Waals surface area contributed by atoms with Crippen molar-refractivity contribution in [3.63, 3.8) is 0 Å². The first-order valence-electron chi connectivity index (χ1n) is 8.42. The maximum atomic E-state index is 13.8. The molecule has 0 aliphatic carbocycles. The second-order valence-electron chi connectivity index (χ2n) is 5.98. The number of carbonyl (C=O) groups excluding carboxylic acids is 1. The maximum Gasteiger partial charge on any atom is 0.349 e. The number of rotatable bonds is 5. The van der Waals surface area contributed by atoms with Crippen molar-refractivity contribution in [1.82, 2.24) is 10.2 Å². The minimum absolute atomic E-state index is 0.173. The highest BCUT2D eigenvalue weighted by atomic mass is 32.1. The van der Waals surface area contributed by atoms with E-state index in [1.807, 2.05) is 0 Å². The van der Waals surface area contributed by atoms with Gasteiger partial charge in [-0.05, 0) is 49.4 Å². The van der Waals surface area contributed by atoms with Crippen LogP contribution in [0.1, 0.15) is 28.6 Å². The molecule has 0 radical (unpaired) electrons. The topological polar surface area (TPSA) is 74.5 Å². The molecule has 0 saturated carbocycles. The van der Waals surface area contributed by atoms with Gasteiger partial charge in [0.25, 0.3) is 5.89 Å². The summed E-state index contributed by atoms with van der Waals surface area (Å²) < 4.78 is 30.6. The Morgan fingerprint density at radius 3 is 2.68 bits per heavy atom. The van der Waals surface area contributed by atoms with Gasteiger partial charge >= 0.3 is 5.97 Å². The summed E-state index contributed by atoms with van der Waals surface area (Å²) in [6.07, 6.45) is -0.748. The van der Waals surface area contributed by atoms with Crippen molar-refractivity contribution >= 4 is 27.4 Å². The van der Waals surface area contributed by atoms with Gasteiger partial charge in [-0.25, -0.2) is 9.18 Å². The van der Waals surface area contributed by atoms with Crippen molar-refractivity contribution in [2.75, 3.05) is 7.11 Å². The SMILES string of the molecule is COc1ccc(-c2nnc([C@@H](C)OC(=O)c3cc4c(F)cccc4s3)o2)cc1. The van der Waals surface area contributed by atoms with Crippen LogP contribution >= 0.6 is 11.3 Å². The summed E-state index contributed by atoms with van der Waals surface area (Å²) in [7, 11) is 1.58. The molecule has 0 fully saturated rings. The number of benzene rings is 2. The van der Waals surface area contributed by atoms with E-state index in [2.05, 4.69) is 10.2 Å². The molecule has 0 aliphatic rings. The van der Waals surface area contributed by atoms with E-state index >= 15 is 0 Å². The van der Waals surface area contributed by atoms with Crippen LogP contribution in [0.25, 0.3) is 21.5 Å². The summed E-state index contributed by atoms with van der Waals surface area (Å²) in [6.45, 7) is 1.64. The van der Waals surface area contributed by atoms with E-state index in [0.717, 1.165) is 5.56 Å². The van der Waals surface area contributed by atoms with Crippen molar-refractivity contribution < 1.29 is 23.1 Å². The number of carbonyl (C=O) groups is 1. The van der Waals surface area contributed by atoms with E-state index in [9.17, 15) is 9.18 Å². The Kier molecular flexibility index (Phi) is 4.79. The molecule has 0 N–H and O–H groups in total. The number of halogens is 1. The van der Waals surface area contributed by atoms with E-state index in [1.165, 1.54) is 23.5 Å². The fraction of sp³-hybridized carbons (Fsp3) is 0.150. The summed E-state index contributed by atoms with van der Waals surface area (Å²) in [5.74, 6) is 0.251. The van der Waals surface area contributed by atoms with Gasteiger partial charge < -0.3 is 13.9 Å². The van der Waals surface area contributed by atoms with E-state index in [-0.39, 0.29) is 11.7 Å². The van der Waals surface area contributed by atoms with Crippen LogP contribution < -0.4 is 4.74 Å². The Morgan fingerprint density at radius 2 is 1.96 bits per heavy atom. The number of methoxy groups -OCH3 is 1. The van der Waals surface area contributed by atoms with Crippen LogP contribution in [-0.2, 0) is 4.74 Å². The third kappa shape index (κ3) is 3.46. The fourth-order valence-corrected chi connectivity index (χ4v) is 3.60. The molecule has 0 aliphatic heterocycles. The molecular formula is C20H15FN2O4S. The van der Waals surface area contributed by atoms with Crippen molar-refractivity contribution in [1.29, 1.82) is 0 Å². The van der Waals surface area contributed by atoms with Crippen molar-refractivity contribution in [2.45, 2.75) is 13.0 Å². The molecule has 8 heteroatoms. The Hall–Kier alpha value is -3.26. The third-order valence-corrected chi connectivity index (χ3v) is 5.20. The highest BCUT2D eigenvalue weighted by Crippen LogP contribution is 2.30. The normalized spacial score (nSPS) is 12.1. The third-order valence-electron chi connectivity index (χ3n) is 4.12. The molecule has 4 rings (SSSR count). The zero-order valence-electron chi connectivity index (χ0n) is 15.0. The number of fused-ring (bicyclic) bond motifs is 1. The smallest absolute Gasteiger partial charge is 0.349 e. The van der Waals surface area contributed by atoms with Gasteiger partial charge in [-0.2, -0.15) is 0 Å². The van der Waals surface area contributed by atoms with E-state index < -0.39 is 12.1 Å². The molecule has 0 bridgehead atoms. The number of thiophene rings is 1. The Balaban J connectivity index is 1.49. The van der Waals surface area contributed by atoms with Crippen LogP contribution in [-0.4, -0.2) is 23.3 Å². The number of nitrogens with zero attached hydrogens (tertiary/aromatic N) is 2. The van der Waals surface area contributed by atoms with Gasteiger partial charge in [-0.1, -0.05) is 6.07 Å². The van der Waals surface area contributed by atoms with Crippen LogP contribution in [0.2, 0.25) is 0 Å². The van der Waals surface area contributed by atoms with Gasteiger partial charge in [0.1, 0.15) is 16.4 Å². The molecule has 142 valence electrons. The van der Waals surface area contributed by atoms with Crippen molar-refractivity contribution in [2.24, 2.45) is 0 Å². The lowest BCUT2D eigenvalue weighted by Crippen LogP contribution is -2.08. The van der Waals surface area contributed by atoms with Crippen LogP contribution in [0.3, 0.4) is 0 Å². The van der Waals surface area contributed by atoms with Gasteiger partial charge in [0.15, 0.2) is 6.10 Å². The molecule has 2 aromatic heterocycles.